The number of aliphatic carboxylic acids is 1. The summed E-state index contributed by atoms with van der Waals surface area (Å²) in [5.74, 6) is -1.13. The van der Waals surface area contributed by atoms with Crippen LogP contribution in [0.25, 0.3) is 0 Å². The van der Waals surface area contributed by atoms with E-state index < -0.39 is 14.0 Å². The quantitative estimate of drug-likeness (QED) is 0.342. The average molecular weight is 497 g/mol. The maximum atomic E-state index is 12.8. The SMILES string of the molecule is C[N+]1(CC(=O)Nc2ccc(NC(=O)CCCC(=O)O)cc2)CCC([Si](C)(C)c2ccccc2)CC1. The van der Waals surface area contributed by atoms with Crippen LogP contribution in [0.5, 0.6) is 0 Å². The molecule has 0 radical (unpaired) electrons. The molecule has 1 fully saturated rings. The van der Waals surface area contributed by atoms with Crippen molar-refractivity contribution in [1.82, 2.24) is 0 Å². The number of carbonyl (C=O) groups excluding carboxylic acids is 2. The summed E-state index contributed by atoms with van der Waals surface area (Å²) in [5, 5.41) is 15.9. The standard InChI is InChI=1S/C27H37N3O4Si/c1-30(18-16-24(17-19-30)35(2,3)23-8-5-4-6-9-23)20-26(32)29-22-14-12-21(13-15-22)28-25(31)10-7-11-27(33)34/h4-6,8-9,12-15,24H,7,10-11,16-20H2,1-3H3,(H2-,28,29,31,32,33,34)/p+1. The number of carboxylic acid groups (broad SMARTS) is 1. The Hall–Kier alpha value is -2.97. The van der Waals surface area contributed by atoms with Crippen LogP contribution >= 0.6 is 0 Å². The predicted octanol–water partition coefficient (Wildman–Crippen LogP) is 4.04. The van der Waals surface area contributed by atoms with Gasteiger partial charge < -0.3 is 20.2 Å². The number of quaternary nitrogens is 1. The van der Waals surface area contributed by atoms with Gasteiger partial charge in [-0.15, -0.1) is 0 Å². The van der Waals surface area contributed by atoms with E-state index in [0.29, 0.717) is 24.3 Å². The Morgan fingerprint density at radius 3 is 1.97 bits per heavy atom. The second-order valence-electron chi connectivity index (χ2n) is 10.5. The van der Waals surface area contributed by atoms with Gasteiger partial charge in [-0.05, 0) is 49.1 Å². The number of anilines is 2. The molecule has 0 saturated carbocycles. The highest BCUT2D eigenvalue weighted by molar-refractivity contribution is 6.91. The molecule has 0 aliphatic carbocycles. The highest BCUT2D eigenvalue weighted by Gasteiger charge is 2.40. The van der Waals surface area contributed by atoms with Crippen molar-refractivity contribution in [3.8, 4) is 0 Å². The second kappa shape index (κ2) is 11.6. The molecule has 1 saturated heterocycles. The van der Waals surface area contributed by atoms with Crippen molar-refractivity contribution in [3.63, 3.8) is 0 Å². The first-order valence-corrected chi connectivity index (χ1v) is 15.5. The molecular weight excluding hydrogens is 458 g/mol. The van der Waals surface area contributed by atoms with Crippen molar-refractivity contribution in [2.24, 2.45) is 0 Å². The number of likely N-dealkylation sites (tertiary alicyclic amines) is 1. The molecule has 1 aliphatic heterocycles. The Morgan fingerprint density at radius 2 is 1.43 bits per heavy atom. The van der Waals surface area contributed by atoms with Gasteiger partial charge in [0.15, 0.2) is 6.54 Å². The first-order chi connectivity index (χ1) is 16.6. The number of nitrogens with one attached hydrogen (secondary N) is 2. The van der Waals surface area contributed by atoms with Gasteiger partial charge in [0.1, 0.15) is 0 Å². The number of benzene rings is 2. The van der Waals surface area contributed by atoms with Gasteiger partial charge in [-0.25, -0.2) is 0 Å². The van der Waals surface area contributed by atoms with Crippen LogP contribution < -0.4 is 15.8 Å². The van der Waals surface area contributed by atoms with E-state index in [-0.39, 0.29) is 24.7 Å². The van der Waals surface area contributed by atoms with Crippen molar-refractivity contribution >= 4 is 42.4 Å². The van der Waals surface area contributed by atoms with Crippen LogP contribution in [-0.2, 0) is 14.4 Å². The lowest BCUT2D eigenvalue weighted by molar-refractivity contribution is -0.906. The molecule has 3 rings (SSSR count). The van der Waals surface area contributed by atoms with E-state index in [1.165, 1.54) is 5.19 Å². The number of nitrogens with zero attached hydrogens (tertiary/aromatic N) is 1. The molecule has 0 bridgehead atoms. The van der Waals surface area contributed by atoms with Gasteiger partial charge in [0.25, 0.3) is 5.91 Å². The van der Waals surface area contributed by atoms with E-state index >= 15 is 0 Å². The predicted molar refractivity (Wildman–Crippen MR) is 143 cm³/mol. The van der Waals surface area contributed by atoms with Crippen LogP contribution in [0.15, 0.2) is 54.6 Å². The van der Waals surface area contributed by atoms with E-state index in [9.17, 15) is 14.4 Å². The second-order valence-corrected chi connectivity index (χ2v) is 15.3. The third-order valence-corrected chi connectivity index (χ3v) is 11.8. The highest BCUT2D eigenvalue weighted by atomic mass is 28.3. The third-order valence-electron chi connectivity index (χ3n) is 7.35. The number of carboxylic acids is 1. The summed E-state index contributed by atoms with van der Waals surface area (Å²) in [5.41, 5.74) is 2.04. The first kappa shape index (κ1) is 26.6. The summed E-state index contributed by atoms with van der Waals surface area (Å²) >= 11 is 0. The van der Waals surface area contributed by atoms with E-state index in [2.05, 4.69) is 61.1 Å². The number of likely N-dealkylation sites (N-methyl/N-ethyl adjacent to an activating group) is 1. The molecule has 7 nitrogen and oxygen atoms in total. The molecule has 3 N–H and O–H groups in total. The number of rotatable bonds is 10. The molecule has 0 atom stereocenters. The van der Waals surface area contributed by atoms with E-state index in [0.717, 1.165) is 36.0 Å². The Kier molecular flexibility index (Phi) is 8.85. The summed E-state index contributed by atoms with van der Waals surface area (Å²) in [6.45, 7) is 7.40. The Balaban J connectivity index is 1.46. The van der Waals surface area contributed by atoms with Crippen LogP contribution in [0.2, 0.25) is 18.6 Å². The summed E-state index contributed by atoms with van der Waals surface area (Å²) < 4.78 is 0.756. The normalized spacial score (nSPS) is 20.1. The summed E-state index contributed by atoms with van der Waals surface area (Å²) in [6, 6.07) is 17.9. The van der Waals surface area contributed by atoms with Crippen molar-refractivity contribution in [2.45, 2.75) is 50.7 Å². The zero-order chi connectivity index (χ0) is 25.5. The van der Waals surface area contributed by atoms with Gasteiger partial charge in [0, 0.05) is 24.2 Å². The molecule has 8 heteroatoms. The number of hydrogen-bond donors (Lipinski definition) is 3. The van der Waals surface area contributed by atoms with Crippen LogP contribution in [-0.4, -0.2) is 62.1 Å². The molecule has 35 heavy (non-hydrogen) atoms. The van der Waals surface area contributed by atoms with Crippen LogP contribution in [0.4, 0.5) is 11.4 Å². The monoisotopic (exact) mass is 496 g/mol. The maximum Gasteiger partial charge on any atom is 0.303 e. The fourth-order valence-corrected chi connectivity index (χ4v) is 8.21. The maximum absolute atomic E-state index is 12.8. The van der Waals surface area contributed by atoms with Crippen LogP contribution in [0.3, 0.4) is 0 Å². The van der Waals surface area contributed by atoms with Gasteiger partial charge in [0.2, 0.25) is 5.91 Å². The van der Waals surface area contributed by atoms with Gasteiger partial charge in [-0.3, -0.25) is 14.4 Å². The third kappa shape index (κ3) is 7.76. The minimum Gasteiger partial charge on any atom is -0.481 e. The Bertz CT molecular complexity index is 1020. The molecule has 2 aromatic rings. The van der Waals surface area contributed by atoms with Crippen molar-refractivity contribution in [2.75, 3.05) is 37.3 Å². The average Bonchev–Trinajstić information content (AvgIpc) is 2.80. The number of piperidine rings is 1. The van der Waals surface area contributed by atoms with E-state index in [1.807, 2.05) is 0 Å². The molecule has 2 amide bonds. The van der Waals surface area contributed by atoms with Gasteiger partial charge >= 0.3 is 5.97 Å². The summed E-state index contributed by atoms with van der Waals surface area (Å²) in [6.07, 6.45) is 2.74. The highest BCUT2D eigenvalue weighted by Crippen LogP contribution is 2.34. The molecule has 1 heterocycles. The number of carbonyl (C=O) groups is 3. The first-order valence-electron chi connectivity index (χ1n) is 12.4. The molecule has 2 aromatic carbocycles. The zero-order valence-electron chi connectivity index (χ0n) is 21.0. The largest absolute Gasteiger partial charge is 0.481 e. The lowest BCUT2D eigenvalue weighted by Crippen LogP contribution is -2.57. The van der Waals surface area contributed by atoms with Crippen molar-refractivity contribution in [3.05, 3.63) is 54.6 Å². The fraction of sp³-hybridized carbons (Fsp3) is 0.444. The fourth-order valence-electron chi connectivity index (χ4n) is 4.98. The smallest absolute Gasteiger partial charge is 0.303 e. The van der Waals surface area contributed by atoms with E-state index in [1.54, 1.807) is 24.3 Å². The van der Waals surface area contributed by atoms with E-state index in [4.69, 9.17) is 5.11 Å². The molecule has 0 spiro atoms. The lowest BCUT2D eigenvalue weighted by atomic mass is 10.1. The van der Waals surface area contributed by atoms with Crippen LogP contribution in [0.1, 0.15) is 32.1 Å². The molecule has 188 valence electrons. The summed E-state index contributed by atoms with van der Waals surface area (Å²) in [4.78, 5) is 35.2. The van der Waals surface area contributed by atoms with Crippen molar-refractivity contribution < 1.29 is 24.0 Å². The Labute approximate surface area is 209 Å². The summed E-state index contributed by atoms with van der Waals surface area (Å²) in [7, 11) is 0.638. The topological polar surface area (TPSA) is 95.5 Å². The lowest BCUT2D eigenvalue weighted by Gasteiger charge is -2.44. The molecule has 0 aromatic heterocycles. The molecule has 0 unspecified atom stereocenters. The van der Waals surface area contributed by atoms with Gasteiger partial charge in [-0.1, -0.05) is 48.6 Å². The molecule has 1 aliphatic rings. The molecular formula is C27H38N3O4Si+. The zero-order valence-corrected chi connectivity index (χ0v) is 22.0. The van der Waals surface area contributed by atoms with Gasteiger partial charge in [-0.2, -0.15) is 0 Å². The van der Waals surface area contributed by atoms with Crippen LogP contribution in [0, 0.1) is 0 Å². The minimum atomic E-state index is -1.54. The van der Waals surface area contributed by atoms with Gasteiger partial charge in [0.05, 0.1) is 28.2 Å². The minimum absolute atomic E-state index is 0.00373. The van der Waals surface area contributed by atoms with Crippen molar-refractivity contribution in [1.29, 1.82) is 0 Å². The Morgan fingerprint density at radius 1 is 0.886 bits per heavy atom. The number of hydrogen-bond acceptors (Lipinski definition) is 3. The number of amides is 2.